The van der Waals surface area contributed by atoms with Gasteiger partial charge in [0.15, 0.2) is 0 Å². The van der Waals surface area contributed by atoms with Gasteiger partial charge in [-0.2, -0.15) is 0 Å². The summed E-state index contributed by atoms with van der Waals surface area (Å²) in [5.74, 6) is 0. The largest absolute Gasteiger partial charge is 0.444 e. The Morgan fingerprint density at radius 2 is 2.00 bits per heavy atom. The summed E-state index contributed by atoms with van der Waals surface area (Å²) in [6, 6.07) is 10.1. The lowest BCUT2D eigenvalue weighted by Crippen LogP contribution is -2.50. The molecule has 0 radical (unpaired) electrons. The van der Waals surface area contributed by atoms with Gasteiger partial charge >= 0.3 is 6.09 Å². The zero-order valence-electron chi connectivity index (χ0n) is 14.3. The zero-order valence-corrected chi connectivity index (χ0v) is 14.3. The van der Waals surface area contributed by atoms with Crippen LogP contribution in [0.2, 0.25) is 0 Å². The summed E-state index contributed by atoms with van der Waals surface area (Å²) in [5.41, 5.74) is 0.642. The highest BCUT2D eigenvalue weighted by molar-refractivity contribution is 5.69. The quantitative estimate of drug-likeness (QED) is 0.783. The molecular weight excluding hydrogens is 290 g/mol. The number of rotatable bonds is 4. The molecule has 0 saturated carbocycles. The first-order chi connectivity index (χ1) is 10.9. The number of hydrogen-bond donors (Lipinski definition) is 0. The van der Waals surface area contributed by atoms with Gasteiger partial charge in [-0.05, 0) is 39.2 Å². The Morgan fingerprint density at radius 1 is 1.30 bits per heavy atom. The van der Waals surface area contributed by atoms with Gasteiger partial charge in [0.05, 0.1) is 25.3 Å². The van der Waals surface area contributed by atoms with Crippen molar-refractivity contribution in [1.29, 1.82) is 0 Å². The van der Waals surface area contributed by atoms with E-state index in [2.05, 4.69) is 6.58 Å². The molecule has 2 rings (SSSR count). The molecule has 1 aliphatic heterocycles. The van der Waals surface area contributed by atoms with Gasteiger partial charge in [-0.1, -0.05) is 36.4 Å². The standard InChI is InChI=1S/C19H27NO3/c1-5-16-11-12-17(22-14-15-9-7-6-8-10-15)13-20(16)18(21)23-19(2,3)4/h5-10,16-17H,1,11-14H2,2-4H3. The van der Waals surface area contributed by atoms with Crippen LogP contribution in [0.1, 0.15) is 39.2 Å². The van der Waals surface area contributed by atoms with Crippen LogP contribution in [0.4, 0.5) is 4.79 Å². The summed E-state index contributed by atoms with van der Waals surface area (Å²) in [4.78, 5) is 14.1. The second-order valence-corrected chi connectivity index (χ2v) is 6.93. The normalized spacial score (nSPS) is 21.8. The van der Waals surface area contributed by atoms with Crippen molar-refractivity contribution in [1.82, 2.24) is 4.90 Å². The SMILES string of the molecule is C=CC1CCC(OCc2ccccc2)CN1C(=O)OC(C)(C)C. The van der Waals surface area contributed by atoms with Crippen LogP contribution in [0.15, 0.2) is 43.0 Å². The average molecular weight is 317 g/mol. The van der Waals surface area contributed by atoms with Crippen LogP contribution in [-0.4, -0.2) is 35.3 Å². The predicted octanol–water partition coefficient (Wildman–Crippen LogP) is 4.16. The van der Waals surface area contributed by atoms with Crippen molar-refractivity contribution < 1.29 is 14.3 Å². The van der Waals surface area contributed by atoms with Gasteiger partial charge in [-0.3, -0.25) is 4.90 Å². The van der Waals surface area contributed by atoms with Gasteiger partial charge in [0.25, 0.3) is 0 Å². The lowest BCUT2D eigenvalue weighted by atomic mass is 10.0. The third-order valence-corrected chi connectivity index (χ3v) is 3.81. The van der Waals surface area contributed by atoms with Crippen molar-refractivity contribution in [3.63, 3.8) is 0 Å². The van der Waals surface area contributed by atoms with Crippen molar-refractivity contribution in [3.8, 4) is 0 Å². The van der Waals surface area contributed by atoms with Crippen LogP contribution in [0.5, 0.6) is 0 Å². The van der Waals surface area contributed by atoms with E-state index in [0.717, 1.165) is 18.4 Å². The van der Waals surface area contributed by atoms with Gasteiger partial charge < -0.3 is 9.47 Å². The molecule has 4 nitrogen and oxygen atoms in total. The number of likely N-dealkylation sites (tertiary alicyclic amines) is 1. The van der Waals surface area contributed by atoms with Gasteiger partial charge in [0, 0.05) is 0 Å². The Labute approximate surface area is 139 Å². The molecule has 0 spiro atoms. The minimum atomic E-state index is -0.499. The molecule has 1 heterocycles. The molecule has 1 aromatic carbocycles. The number of amides is 1. The average Bonchev–Trinajstić information content (AvgIpc) is 2.52. The molecular formula is C19H27NO3. The molecule has 1 saturated heterocycles. The third kappa shape index (κ3) is 5.39. The van der Waals surface area contributed by atoms with Crippen LogP contribution in [0.3, 0.4) is 0 Å². The van der Waals surface area contributed by atoms with Crippen LogP contribution in [0, 0.1) is 0 Å². The fraction of sp³-hybridized carbons (Fsp3) is 0.526. The van der Waals surface area contributed by atoms with E-state index < -0.39 is 5.60 Å². The molecule has 4 heteroatoms. The van der Waals surface area contributed by atoms with Crippen molar-refractivity contribution in [2.75, 3.05) is 6.54 Å². The summed E-state index contributed by atoms with van der Waals surface area (Å²) < 4.78 is 11.5. The molecule has 1 amide bonds. The summed E-state index contributed by atoms with van der Waals surface area (Å²) in [7, 11) is 0. The highest BCUT2D eigenvalue weighted by Gasteiger charge is 2.33. The van der Waals surface area contributed by atoms with E-state index in [4.69, 9.17) is 9.47 Å². The number of carbonyl (C=O) groups excluding carboxylic acids is 1. The Hall–Kier alpha value is -1.81. The maximum absolute atomic E-state index is 12.4. The Kier molecular flexibility index (Phi) is 5.83. The van der Waals surface area contributed by atoms with E-state index in [1.165, 1.54) is 0 Å². The number of carbonyl (C=O) groups is 1. The van der Waals surface area contributed by atoms with Crippen molar-refractivity contribution in [2.45, 2.75) is 58.0 Å². The smallest absolute Gasteiger partial charge is 0.410 e. The van der Waals surface area contributed by atoms with E-state index in [9.17, 15) is 4.79 Å². The second-order valence-electron chi connectivity index (χ2n) is 6.93. The monoisotopic (exact) mass is 317 g/mol. The van der Waals surface area contributed by atoms with Gasteiger partial charge in [0.1, 0.15) is 5.60 Å². The lowest BCUT2D eigenvalue weighted by molar-refractivity contribution is -0.0353. The first kappa shape index (κ1) is 17.5. The first-order valence-corrected chi connectivity index (χ1v) is 8.17. The molecule has 1 aromatic rings. The summed E-state index contributed by atoms with van der Waals surface area (Å²) in [5, 5.41) is 0. The maximum atomic E-state index is 12.4. The predicted molar refractivity (Wildman–Crippen MR) is 91.2 cm³/mol. The molecule has 2 atom stereocenters. The molecule has 0 aliphatic carbocycles. The Bertz CT molecular complexity index is 521. The maximum Gasteiger partial charge on any atom is 0.410 e. The third-order valence-electron chi connectivity index (χ3n) is 3.81. The van der Waals surface area contributed by atoms with Crippen LogP contribution >= 0.6 is 0 Å². The summed E-state index contributed by atoms with van der Waals surface area (Å²) >= 11 is 0. The van der Waals surface area contributed by atoms with Crippen molar-refractivity contribution >= 4 is 6.09 Å². The number of ether oxygens (including phenoxy) is 2. The molecule has 0 bridgehead atoms. The van der Waals surface area contributed by atoms with E-state index in [1.807, 2.05) is 57.2 Å². The van der Waals surface area contributed by atoms with E-state index in [0.29, 0.717) is 13.2 Å². The molecule has 0 aromatic heterocycles. The Morgan fingerprint density at radius 3 is 2.61 bits per heavy atom. The van der Waals surface area contributed by atoms with Crippen LogP contribution in [0.25, 0.3) is 0 Å². The Balaban J connectivity index is 1.94. The lowest BCUT2D eigenvalue weighted by Gasteiger charge is -2.38. The fourth-order valence-electron chi connectivity index (χ4n) is 2.66. The van der Waals surface area contributed by atoms with Crippen LogP contribution in [-0.2, 0) is 16.1 Å². The summed E-state index contributed by atoms with van der Waals surface area (Å²) in [6.45, 7) is 10.6. The highest BCUT2D eigenvalue weighted by atomic mass is 16.6. The highest BCUT2D eigenvalue weighted by Crippen LogP contribution is 2.23. The topological polar surface area (TPSA) is 38.8 Å². The molecule has 1 aliphatic rings. The molecule has 126 valence electrons. The molecule has 0 N–H and O–H groups in total. The summed E-state index contributed by atoms with van der Waals surface area (Å²) in [6.07, 6.45) is 3.32. The van der Waals surface area contributed by atoms with Crippen molar-refractivity contribution in [2.24, 2.45) is 0 Å². The van der Waals surface area contributed by atoms with Gasteiger partial charge in [0.2, 0.25) is 0 Å². The number of hydrogen-bond acceptors (Lipinski definition) is 3. The minimum Gasteiger partial charge on any atom is -0.444 e. The van der Waals surface area contributed by atoms with E-state index in [-0.39, 0.29) is 18.2 Å². The number of piperidine rings is 1. The first-order valence-electron chi connectivity index (χ1n) is 8.17. The van der Waals surface area contributed by atoms with Gasteiger partial charge in [-0.25, -0.2) is 4.79 Å². The second kappa shape index (κ2) is 7.64. The van der Waals surface area contributed by atoms with Crippen molar-refractivity contribution in [3.05, 3.63) is 48.6 Å². The number of nitrogens with zero attached hydrogens (tertiary/aromatic N) is 1. The van der Waals surface area contributed by atoms with E-state index in [1.54, 1.807) is 4.90 Å². The molecule has 23 heavy (non-hydrogen) atoms. The van der Waals surface area contributed by atoms with Crippen LogP contribution < -0.4 is 0 Å². The number of benzene rings is 1. The fourth-order valence-corrected chi connectivity index (χ4v) is 2.66. The molecule has 2 unspecified atom stereocenters. The minimum absolute atomic E-state index is 0.0152. The van der Waals surface area contributed by atoms with E-state index >= 15 is 0 Å². The molecule has 1 fully saturated rings. The van der Waals surface area contributed by atoms with Gasteiger partial charge in [-0.15, -0.1) is 6.58 Å². The zero-order chi connectivity index (χ0) is 16.9.